The van der Waals surface area contributed by atoms with Crippen LogP contribution in [0.2, 0.25) is 0 Å². The Bertz CT molecular complexity index is 442. The minimum absolute atomic E-state index is 0.0664. The van der Waals surface area contributed by atoms with Crippen LogP contribution in [-0.4, -0.2) is 48.9 Å². The number of hydrogen-bond donors (Lipinski definition) is 0. The van der Waals surface area contributed by atoms with Crippen molar-refractivity contribution < 1.29 is 9.21 Å². The third-order valence-electron chi connectivity index (χ3n) is 3.02. The molecule has 1 aliphatic heterocycles. The van der Waals surface area contributed by atoms with Gasteiger partial charge in [-0.25, -0.2) is 0 Å². The van der Waals surface area contributed by atoms with Crippen molar-refractivity contribution in [2.45, 2.75) is 6.42 Å². The molecule has 0 saturated carbocycles. The van der Waals surface area contributed by atoms with Crippen LogP contribution in [0.15, 0.2) is 22.6 Å². The zero-order chi connectivity index (χ0) is 13.0. The lowest BCUT2D eigenvalue weighted by Gasteiger charge is -2.18. The van der Waals surface area contributed by atoms with Gasteiger partial charge < -0.3 is 14.2 Å². The Kier molecular flexibility index (Phi) is 4.82. The van der Waals surface area contributed by atoms with E-state index >= 15 is 0 Å². The molecule has 0 atom stereocenters. The van der Waals surface area contributed by atoms with Gasteiger partial charge in [-0.15, -0.1) is 0 Å². The number of halogens is 1. The number of carbonyl (C=O) groups is 1. The van der Waals surface area contributed by atoms with Gasteiger partial charge in [0.05, 0.1) is 0 Å². The fraction of sp³-hybridized carbons (Fsp3) is 0.462. The topological polar surface area (TPSA) is 36.7 Å². The van der Waals surface area contributed by atoms with Gasteiger partial charge in [0, 0.05) is 25.7 Å². The fourth-order valence-electron chi connectivity index (χ4n) is 1.94. The number of rotatable bonds is 2. The largest absolute Gasteiger partial charge is 0.451 e. The van der Waals surface area contributed by atoms with Crippen molar-refractivity contribution in [2.24, 2.45) is 0 Å². The number of likely N-dealkylation sites (N-methyl/N-ethyl adjacent to an activating group) is 1. The average Bonchev–Trinajstić information content (AvgIpc) is 2.63. The summed E-state index contributed by atoms with van der Waals surface area (Å²) in [4.78, 5) is 16.2. The Morgan fingerprint density at radius 3 is 2.89 bits per heavy atom. The summed E-state index contributed by atoms with van der Waals surface area (Å²) >= 11 is 2.11. The van der Waals surface area contributed by atoms with E-state index in [2.05, 4.69) is 34.5 Å². The minimum atomic E-state index is 0.0664. The molecular weight excluding hydrogens is 343 g/mol. The summed E-state index contributed by atoms with van der Waals surface area (Å²) < 4.78 is 6.21. The maximum atomic E-state index is 12.0. The summed E-state index contributed by atoms with van der Waals surface area (Å²) in [5.41, 5.74) is 0. The molecule has 1 aromatic rings. The van der Waals surface area contributed by atoms with E-state index in [1.54, 1.807) is 12.2 Å². The molecule has 2 rings (SSSR count). The molecule has 4 nitrogen and oxygen atoms in total. The molecule has 2 heterocycles. The fourth-order valence-corrected chi connectivity index (χ4v) is 2.38. The summed E-state index contributed by atoms with van der Waals surface area (Å²) in [6.07, 6.45) is 4.37. The van der Waals surface area contributed by atoms with E-state index in [1.165, 1.54) is 0 Å². The Labute approximate surface area is 121 Å². The normalized spacial score (nSPS) is 18.2. The van der Waals surface area contributed by atoms with E-state index in [4.69, 9.17) is 4.42 Å². The van der Waals surface area contributed by atoms with Crippen LogP contribution in [0.4, 0.5) is 0 Å². The second kappa shape index (κ2) is 6.38. The van der Waals surface area contributed by atoms with Gasteiger partial charge in [-0.1, -0.05) is 0 Å². The van der Waals surface area contributed by atoms with Gasteiger partial charge in [-0.05, 0) is 60.8 Å². The quantitative estimate of drug-likeness (QED) is 0.599. The summed E-state index contributed by atoms with van der Waals surface area (Å²) in [6, 6.07) is 3.74. The SMILES string of the molecule is CN1CCCN(C(=O)/C=C/c2ccc(I)o2)CC1. The zero-order valence-corrected chi connectivity index (χ0v) is 12.6. The second-order valence-electron chi connectivity index (χ2n) is 4.46. The first-order valence-electron chi connectivity index (χ1n) is 6.06. The van der Waals surface area contributed by atoms with Crippen LogP contribution < -0.4 is 0 Å². The van der Waals surface area contributed by atoms with E-state index in [0.717, 1.165) is 42.1 Å². The lowest BCUT2D eigenvalue weighted by atomic mass is 10.3. The van der Waals surface area contributed by atoms with Crippen molar-refractivity contribution in [1.82, 2.24) is 9.80 Å². The van der Waals surface area contributed by atoms with Crippen LogP contribution in [0.3, 0.4) is 0 Å². The van der Waals surface area contributed by atoms with Crippen molar-refractivity contribution >= 4 is 34.6 Å². The number of amides is 1. The Morgan fingerprint density at radius 2 is 2.17 bits per heavy atom. The van der Waals surface area contributed by atoms with Gasteiger partial charge >= 0.3 is 0 Å². The third-order valence-corrected chi connectivity index (χ3v) is 3.60. The van der Waals surface area contributed by atoms with Gasteiger partial charge in [0.2, 0.25) is 5.91 Å². The second-order valence-corrected chi connectivity index (χ2v) is 5.52. The first-order chi connectivity index (χ1) is 8.65. The average molecular weight is 360 g/mol. The number of nitrogens with zero attached hydrogens (tertiary/aromatic N) is 2. The molecule has 0 spiro atoms. The summed E-state index contributed by atoms with van der Waals surface area (Å²) in [5, 5.41) is 0. The van der Waals surface area contributed by atoms with Crippen LogP contribution in [0.1, 0.15) is 12.2 Å². The van der Waals surface area contributed by atoms with Gasteiger partial charge in [0.15, 0.2) is 3.77 Å². The van der Waals surface area contributed by atoms with Crippen LogP contribution in [0.25, 0.3) is 6.08 Å². The molecule has 18 heavy (non-hydrogen) atoms. The Balaban J connectivity index is 1.92. The maximum absolute atomic E-state index is 12.0. The molecule has 98 valence electrons. The summed E-state index contributed by atoms with van der Waals surface area (Å²) in [5.74, 6) is 0.788. The Hall–Kier alpha value is -0.820. The van der Waals surface area contributed by atoms with Gasteiger partial charge in [0.1, 0.15) is 5.76 Å². The van der Waals surface area contributed by atoms with Crippen LogP contribution in [0.5, 0.6) is 0 Å². The highest BCUT2D eigenvalue weighted by Gasteiger charge is 2.15. The lowest BCUT2D eigenvalue weighted by Crippen LogP contribution is -2.33. The van der Waals surface area contributed by atoms with Gasteiger partial charge in [0.25, 0.3) is 0 Å². The minimum Gasteiger partial charge on any atom is -0.451 e. The molecule has 0 radical (unpaired) electrons. The summed E-state index contributed by atoms with van der Waals surface area (Å²) in [6.45, 7) is 3.64. The van der Waals surface area contributed by atoms with Crippen molar-refractivity contribution in [1.29, 1.82) is 0 Å². The number of hydrogen-bond acceptors (Lipinski definition) is 3. The summed E-state index contributed by atoms with van der Waals surface area (Å²) in [7, 11) is 2.09. The molecule has 1 aliphatic rings. The van der Waals surface area contributed by atoms with E-state index in [0.29, 0.717) is 0 Å². The predicted octanol–water partition coefficient (Wildman–Crippen LogP) is 2.06. The molecule has 0 aromatic carbocycles. The number of furan rings is 1. The van der Waals surface area contributed by atoms with Crippen LogP contribution >= 0.6 is 22.6 Å². The first kappa shape index (κ1) is 13.6. The highest BCUT2D eigenvalue weighted by molar-refractivity contribution is 14.1. The van der Waals surface area contributed by atoms with E-state index in [-0.39, 0.29) is 5.91 Å². The lowest BCUT2D eigenvalue weighted by molar-refractivity contribution is -0.125. The monoisotopic (exact) mass is 360 g/mol. The van der Waals surface area contributed by atoms with Gasteiger partial charge in [-0.2, -0.15) is 0 Å². The molecular formula is C13H17IN2O2. The standard InChI is InChI=1S/C13H17IN2O2/c1-15-7-2-8-16(10-9-15)13(17)6-4-11-3-5-12(14)18-11/h3-6H,2,7-10H2,1H3/b6-4+. The third kappa shape index (κ3) is 3.84. The number of carbonyl (C=O) groups excluding carboxylic acids is 1. The van der Waals surface area contributed by atoms with Crippen molar-refractivity contribution in [2.75, 3.05) is 33.2 Å². The van der Waals surface area contributed by atoms with E-state index in [9.17, 15) is 4.79 Å². The molecule has 0 aliphatic carbocycles. The molecule has 1 fully saturated rings. The van der Waals surface area contributed by atoms with Crippen molar-refractivity contribution in [3.63, 3.8) is 0 Å². The first-order valence-corrected chi connectivity index (χ1v) is 7.14. The Morgan fingerprint density at radius 1 is 1.33 bits per heavy atom. The molecule has 1 saturated heterocycles. The van der Waals surface area contributed by atoms with Crippen molar-refractivity contribution in [3.05, 3.63) is 27.7 Å². The predicted molar refractivity (Wildman–Crippen MR) is 79.2 cm³/mol. The molecule has 1 amide bonds. The smallest absolute Gasteiger partial charge is 0.246 e. The maximum Gasteiger partial charge on any atom is 0.246 e. The highest BCUT2D eigenvalue weighted by atomic mass is 127. The molecule has 0 unspecified atom stereocenters. The molecule has 1 aromatic heterocycles. The molecule has 5 heteroatoms. The van der Waals surface area contributed by atoms with Gasteiger partial charge in [-0.3, -0.25) is 4.79 Å². The van der Waals surface area contributed by atoms with E-state index in [1.807, 2.05) is 17.0 Å². The molecule has 0 N–H and O–H groups in total. The van der Waals surface area contributed by atoms with Crippen molar-refractivity contribution in [3.8, 4) is 0 Å². The zero-order valence-electron chi connectivity index (χ0n) is 10.4. The van der Waals surface area contributed by atoms with Crippen LogP contribution in [-0.2, 0) is 4.79 Å². The molecule has 0 bridgehead atoms. The van der Waals surface area contributed by atoms with Crippen LogP contribution in [0, 0.1) is 3.77 Å². The van der Waals surface area contributed by atoms with E-state index < -0.39 is 0 Å². The highest BCUT2D eigenvalue weighted by Crippen LogP contribution is 2.12.